The first-order chi connectivity index (χ1) is 14.3. The molecular formula is C21H30O9. The van der Waals surface area contributed by atoms with Crippen molar-refractivity contribution in [2.24, 2.45) is 17.8 Å². The number of methoxy groups -OCH3 is 3. The van der Waals surface area contributed by atoms with Gasteiger partial charge in [-0.3, -0.25) is 4.89 Å². The van der Waals surface area contributed by atoms with Crippen molar-refractivity contribution in [1.82, 2.24) is 0 Å². The van der Waals surface area contributed by atoms with E-state index in [9.17, 15) is 9.59 Å². The fourth-order valence-corrected chi connectivity index (χ4v) is 3.78. The van der Waals surface area contributed by atoms with Crippen molar-refractivity contribution in [3.8, 4) is 17.2 Å². The molecule has 0 amide bonds. The molecule has 0 radical (unpaired) electrons. The lowest BCUT2D eigenvalue weighted by Gasteiger charge is -2.36. The molecule has 1 fully saturated rings. The summed E-state index contributed by atoms with van der Waals surface area (Å²) in [4.78, 5) is 33.3. The number of hydrogen-bond donors (Lipinski definition) is 0. The van der Waals surface area contributed by atoms with E-state index in [1.807, 2.05) is 0 Å². The van der Waals surface area contributed by atoms with Gasteiger partial charge in [0.2, 0.25) is 5.75 Å². The van der Waals surface area contributed by atoms with Crippen LogP contribution in [0.2, 0.25) is 0 Å². The van der Waals surface area contributed by atoms with E-state index < -0.39 is 12.1 Å². The largest absolute Gasteiger partial charge is 0.543 e. The summed E-state index contributed by atoms with van der Waals surface area (Å²) in [5, 5.41) is 4.35. The Kier molecular flexibility index (Phi) is 8.58. The second kappa shape index (κ2) is 10.9. The molecule has 168 valence electrons. The maximum absolute atomic E-state index is 12.3. The molecule has 1 aromatic rings. The van der Waals surface area contributed by atoms with Crippen LogP contribution < -0.4 is 14.2 Å². The van der Waals surface area contributed by atoms with Crippen LogP contribution in [0.5, 0.6) is 17.2 Å². The van der Waals surface area contributed by atoms with Gasteiger partial charge < -0.3 is 18.9 Å². The Labute approximate surface area is 176 Å². The molecule has 1 aliphatic carbocycles. The molecule has 0 spiro atoms. The highest BCUT2D eigenvalue weighted by Crippen LogP contribution is 2.40. The van der Waals surface area contributed by atoms with Crippen molar-refractivity contribution in [3.05, 3.63) is 17.7 Å². The van der Waals surface area contributed by atoms with Crippen LogP contribution in [0.1, 0.15) is 50.4 Å². The molecule has 1 saturated carbocycles. The molecule has 30 heavy (non-hydrogen) atoms. The first kappa shape index (κ1) is 23.6. The van der Waals surface area contributed by atoms with Gasteiger partial charge >= 0.3 is 12.1 Å². The average molecular weight is 426 g/mol. The van der Waals surface area contributed by atoms with E-state index in [0.717, 1.165) is 19.3 Å². The van der Waals surface area contributed by atoms with Gasteiger partial charge in [0.1, 0.15) is 11.7 Å². The normalized spacial score (nSPS) is 21.0. The summed E-state index contributed by atoms with van der Waals surface area (Å²) in [6, 6.07) is 2.91. The van der Waals surface area contributed by atoms with Crippen molar-refractivity contribution in [2.75, 3.05) is 21.3 Å². The Bertz CT molecular complexity index is 731. The number of ether oxygens (including phenoxy) is 4. The van der Waals surface area contributed by atoms with Gasteiger partial charge in [0.15, 0.2) is 11.5 Å². The Hall–Kier alpha value is -2.68. The van der Waals surface area contributed by atoms with Crippen LogP contribution in [-0.4, -0.2) is 39.6 Å². The van der Waals surface area contributed by atoms with E-state index >= 15 is 0 Å². The van der Waals surface area contributed by atoms with Crippen LogP contribution in [0.4, 0.5) is 4.79 Å². The summed E-state index contributed by atoms with van der Waals surface area (Å²) < 4.78 is 21.0. The molecule has 0 aromatic heterocycles. The van der Waals surface area contributed by atoms with Gasteiger partial charge in [-0.2, -0.15) is 0 Å². The number of carbonyl (C=O) groups excluding carboxylic acids is 2. The van der Waals surface area contributed by atoms with Gasteiger partial charge in [0.05, 0.1) is 26.4 Å². The molecule has 9 heteroatoms. The Balaban J connectivity index is 1.93. The average Bonchev–Trinajstić information content (AvgIpc) is 2.72. The second-order valence-corrected chi connectivity index (χ2v) is 7.64. The summed E-state index contributed by atoms with van der Waals surface area (Å²) in [5.74, 6) is 0.776. The summed E-state index contributed by atoms with van der Waals surface area (Å²) in [6.07, 6.45) is 1.49. The molecular weight excluding hydrogens is 396 g/mol. The lowest BCUT2D eigenvalue weighted by molar-refractivity contribution is -0.453. The fraction of sp³-hybridized carbons (Fsp3) is 0.619. The van der Waals surface area contributed by atoms with E-state index in [2.05, 4.69) is 35.6 Å². The highest BCUT2D eigenvalue weighted by atomic mass is 17.5. The zero-order chi connectivity index (χ0) is 22.3. The third kappa shape index (κ3) is 5.69. The van der Waals surface area contributed by atoms with Crippen molar-refractivity contribution in [2.45, 2.75) is 46.1 Å². The summed E-state index contributed by atoms with van der Waals surface area (Å²) in [6.45, 7) is 6.31. The molecule has 1 aliphatic rings. The highest BCUT2D eigenvalue weighted by molar-refractivity contribution is 5.93. The van der Waals surface area contributed by atoms with Gasteiger partial charge in [-0.25, -0.2) is 14.5 Å². The summed E-state index contributed by atoms with van der Waals surface area (Å²) in [7, 11) is 4.22. The smallest absolute Gasteiger partial charge is 0.493 e. The molecule has 0 N–H and O–H groups in total. The molecule has 2 rings (SSSR count). The minimum atomic E-state index is -1.06. The first-order valence-corrected chi connectivity index (χ1v) is 9.87. The van der Waals surface area contributed by atoms with Crippen molar-refractivity contribution >= 4 is 12.1 Å². The van der Waals surface area contributed by atoms with E-state index in [-0.39, 0.29) is 29.1 Å². The van der Waals surface area contributed by atoms with Crippen molar-refractivity contribution < 1.29 is 43.3 Å². The van der Waals surface area contributed by atoms with Gasteiger partial charge in [-0.05, 0) is 42.7 Å². The first-order valence-electron chi connectivity index (χ1n) is 9.87. The van der Waals surface area contributed by atoms with E-state index in [0.29, 0.717) is 17.6 Å². The van der Waals surface area contributed by atoms with Gasteiger partial charge in [-0.15, -0.1) is 0 Å². The Morgan fingerprint density at radius 3 is 2.27 bits per heavy atom. The maximum Gasteiger partial charge on any atom is 0.543 e. The molecule has 0 heterocycles. The molecule has 0 saturated heterocycles. The van der Waals surface area contributed by atoms with Gasteiger partial charge in [0, 0.05) is 0 Å². The lowest BCUT2D eigenvalue weighted by Crippen LogP contribution is -2.36. The van der Waals surface area contributed by atoms with Crippen LogP contribution in [0, 0.1) is 17.8 Å². The molecule has 3 unspecified atom stereocenters. The van der Waals surface area contributed by atoms with Crippen LogP contribution in [0.25, 0.3) is 0 Å². The van der Waals surface area contributed by atoms with Crippen molar-refractivity contribution in [1.29, 1.82) is 0 Å². The minimum absolute atomic E-state index is 0.00639. The van der Waals surface area contributed by atoms with Gasteiger partial charge in [0.25, 0.3) is 0 Å². The van der Waals surface area contributed by atoms with Crippen LogP contribution in [-0.2, 0) is 19.6 Å². The van der Waals surface area contributed by atoms with E-state index in [4.69, 9.17) is 18.9 Å². The number of hydrogen-bond acceptors (Lipinski definition) is 9. The standard InChI is InChI=1S/C21H30O9/c1-12(2)14-8-7-13(3)11-17(14)27-21(23)29-30-28-20(22)15-9-10-16(24-4)19(26-6)18(15)25-5/h9-10,12-14,17H,7-8,11H2,1-6H3. The summed E-state index contributed by atoms with van der Waals surface area (Å²) >= 11 is 0. The number of benzene rings is 1. The number of carbonyl (C=O) groups is 2. The molecule has 1 aromatic carbocycles. The van der Waals surface area contributed by atoms with Gasteiger partial charge in [-0.1, -0.05) is 27.2 Å². The fourth-order valence-electron chi connectivity index (χ4n) is 3.78. The Morgan fingerprint density at radius 1 is 0.967 bits per heavy atom. The zero-order valence-corrected chi connectivity index (χ0v) is 18.3. The highest BCUT2D eigenvalue weighted by Gasteiger charge is 2.34. The molecule has 3 atom stereocenters. The molecule has 0 aliphatic heterocycles. The monoisotopic (exact) mass is 426 g/mol. The SMILES string of the molecule is COc1ccc(C(=O)OOOC(=O)OC2CC(C)CCC2C(C)C)c(OC)c1OC. The van der Waals surface area contributed by atoms with Crippen molar-refractivity contribution in [3.63, 3.8) is 0 Å². The predicted octanol–water partition coefficient (Wildman–Crippen LogP) is 4.33. The quantitative estimate of drug-likeness (QED) is 0.342. The lowest BCUT2D eigenvalue weighted by atomic mass is 9.75. The predicted molar refractivity (Wildman–Crippen MR) is 105 cm³/mol. The minimum Gasteiger partial charge on any atom is -0.493 e. The van der Waals surface area contributed by atoms with Crippen LogP contribution in [0.3, 0.4) is 0 Å². The van der Waals surface area contributed by atoms with Crippen LogP contribution >= 0.6 is 0 Å². The third-order valence-corrected chi connectivity index (χ3v) is 5.34. The van der Waals surface area contributed by atoms with E-state index in [1.165, 1.54) is 33.5 Å². The Morgan fingerprint density at radius 2 is 1.67 bits per heavy atom. The number of rotatable bonds is 8. The topological polar surface area (TPSA) is 98.8 Å². The molecule has 0 bridgehead atoms. The third-order valence-electron chi connectivity index (χ3n) is 5.34. The molecule has 9 nitrogen and oxygen atoms in total. The maximum atomic E-state index is 12.3. The zero-order valence-electron chi connectivity index (χ0n) is 18.3. The van der Waals surface area contributed by atoms with E-state index in [1.54, 1.807) is 0 Å². The second-order valence-electron chi connectivity index (χ2n) is 7.64. The van der Waals surface area contributed by atoms with Crippen LogP contribution in [0.15, 0.2) is 12.1 Å². The summed E-state index contributed by atoms with van der Waals surface area (Å²) in [5.41, 5.74) is -0.00639.